The Bertz CT molecular complexity index is 886. The lowest BCUT2D eigenvalue weighted by atomic mass is 9.84. The lowest BCUT2D eigenvalue weighted by Crippen LogP contribution is -2.40. The van der Waals surface area contributed by atoms with Gasteiger partial charge >= 0.3 is 0 Å². The summed E-state index contributed by atoms with van der Waals surface area (Å²) in [7, 11) is 0. The molecule has 0 spiro atoms. The molecule has 4 nitrogen and oxygen atoms in total. The molecule has 2 saturated carbocycles. The highest BCUT2D eigenvalue weighted by atomic mass is 32.2. The summed E-state index contributed by atoms with van der Waals surface area (Å²) < 4.78 is 0. The van der Waals surface area contributed by atoms with Gasteiger partial charge in [-0.3, -0.25) is 9.59 Å². The molecule has 4 atom stereocenters. The SMILES string of the molecule is C[C@H](NC(=O)CSc1ccccc1C(=O)NCc1ccccc1)[C@@H]1C[C@H]2CC[C@H]1C2. The van der Waals surface area contributed by atoms with Gasteiger partial charge in [0, 0.05) is 17.5 Å². The molecule has 0 heterocycles. The topological polar surface area (TPSA) is 58.2 Å². The Morgan fingerprint density at radius 3 is 2.53 bits per heavy atom. The molecule has 2 amide bonds. The fourth-order valence-corrected chi connectivity index (χ4v) is 5.97. The number of carbonyl (C=O) groups is 2. The van der Waals surface area contributed by atoms with Crippen LogP contribution in [0.1, 0.15) is 48.5 Å². The molecule has 2 N–H and O–H groups in total. The number of thioether (sulfide) groups is 1. The van der Waals surface area contributed by atoms with Gasteiger partial charge < -0.3 is 10.6 Å². The number of rotatable bonds is 8. The predicted molar refractivity (Wildman–Crippen MR) is 121 cm³/mol. The Labute approximate surface area is 183 Å². The normalized spacial score (nSPS) is 23.2. The molecule has 4 rings (SSSR count). The second-order valence-corrected chi connectivity index (χ2v) is 9.67. The van der Waals surface area contributed by atoms with Crippen molar-refractivity contribution in [2.45, 2.75) is 50.1 Å². The van der Waals surface area contributed by atoms with Crippen LogP contribution in [0, 0.1) is 17.8 Å². The molecule has 2 aromatic carbocycles. The lowest BCUT2D eigenvalue weighted by molar-refractivity contribution is -0.119. The van der Waals surface area contributed by atoms with E-state index < -0.39 is 0 Å². The second-order valence-electron chi connectivity index (χ2n) is 8.65. The molecule has 2 aliphatic carbocycles. The van der Waals surface area contributed by atoms with Gasteiger partial charge in [0.1, 0.15) is 0 Å². The monoisotopic (exact) mass is 422 g/mol. The van der Waals surface area contributed by atoms with E-state index in [2.05, 4.69) is 17.6 Å². The molecular weight excluding hydrogens is 392 g/mol. The second kappa shape index (κ2) is 9.69. The quantitative estimate of drug-likeness (QED) is 0.609. The first-order valence-electron chi connectivity index (χ1n) is 10.9. The summed E-state index contributed by atoms with van der Waals surface area (Å²) in [6.45, 7) is 2.64. The summed E-state index contributed by atoms with van der Waals surface area (Å²) in [5, 5.41) is 6.19. The van der Waals surface area contributed by atoms with Crippen molar-refractivity contribution in [2.75, 3.05) is 5.75 Å². The highest BCUT2D eigenvalue weighted by Gasteiger charge is 2.42. The van der Waals surface area contributed by atoms with E-state index in [1.54, 1.807) is 0 Å². The van der Waals surface area contributed by atoms with E-state index in [0.717, 1.165) is 22.3 Å². The van der Waals surface area contributed by atoms with E-state index in [-0.39, 0.29) is 17.9 Å². The summed E-state index contributed by atoms with van der Waals surface area (Å²) >= 11 is 1.43. The largest absolute Gasteiger partial charge is 0.353 e. The number of fused-ring (bicyclic) bond motifs is 2. The third-order valence-electron chi connectivity index (χ3n) is 6.61. The first-order chi connectivity index (χ1) is 14.6. The highest BCUT2D eigenvalue weighted by Crippen LogP contribution is 2.49. The van der Waals surface area contributed by atoms with Crippen LogP contribution in [-0.4, -0.2) is 23.6 Å². The van der Waals surface area contributed by atoms with E-state index >= 15 is 0 Å². The zero-order valence-corrected chi connectivity index (χ0v) is 18.3. The van der Waals surface area contributed by atoms with E-state index in [1.807, 2.05) is 54.6 Å². The Kier molecular flexibility index (Phi) is 6.78. The molecule has 0 unspecified atom stereocenters. The molecular formula is C25H30N2O2S. The summed E-state index contributed by atoms with van der Waals surface area (Å²) in [5.74, 6) is 2.58. The van der Waals surface area contributed by atoms with Crippen molar-refractivity contribution in [2.24, 2.45) is 17.8 Å². The van der Waals surface area contributed by atoms with Crippen LogP contribution >= 0.6 is 11.8 Å². The summed E-state index contributed by atoms with van der Waals surface area (Å²) in [5.41, 5.74) is 1.68. The van der Waals surface area contributed by atoms with Gasteiger partial charge in [-0.2, -0.15) is 0 Å². The average molecular weight is 423 g/mol. The lowest BCUT2D eigenvalue weighted by Gasteiger charge is -2.28. The fraction of sp³-hybridized carbons (Fsp3) is 0.440. The van der Waals surface area contributed by atoms with Gasteiger partial charge in [-0.05, 0) is 61.6 Å². The number of hydrogen-bond acceptors (Lipinski definition) is 3. The number of benzene rings is 2. The predicted octanol–water partition coefficient (Wildman–Crippen LogP) is 4.65. The summed E-state index contributed by atoms with van der Waals surface area (Å²) in [4.78, 5) is 26.1. The van der Waals surface area contributed by atoms with Crippen LogP contribution in [-0.2, 0) is 11.3 Å². The molecule has 2 fully saturated rings. The van der Waals surface area contributed by atoms with Crippen LogP contribution in [0.5, 0.6) is 0 Å². The maximum Gasteiger partial charge on any atom is 0.252 e. The van der Waals surface area contributed by atoms with Gasteiger partial charge in [0.25, 0.3) is 5.91 Å². The Morgan fingerprint density at radius 1 is 1.03 bits per heavy atom. The van der Waals surface area contributed by atoms with Crippen molar-refractivity contribution < 1.29 is 9.59 Å². The fourth-order valence-electron chi connectivity index (χ4n) is 5.11. The third-order valence-corrected chi connectivity index (χ3v) is 7.68. The number of carbonyl (C=O) groups excluding carboxylic acids is 2. The van der Waals surface area contributed by atoms with Crippen LogP contribution in [0.15, 0.2) is 59.5 Å². The van der Waals surface area contributed by atoms with Crippen molar-refractivity contribution in [3.05, 3.63) is 65.7 Å². The molecule has 0 aromatic heterocycles. The maximum absolute atomic E-state index is 12.7. The highest BCUT2D eigenvalue weighted by molar-refractivity contribution is 8.00. The van der Waals surface area contributed by atoms with Crippen LogP contribution in [0.4, 0.5) is 0 Å². The Hall–Kier alpha value is -2.27. The minimum atomic E-state index is -0.113. The molecule has 0 aliphatic heterocycles. The van der Waals surface area contributed by atoms with E-state index in [4.69, 9.17) is 0 Å². The standard InChI is InChI=1S/C25H30N2O2S/c1-17(22-14-19-11-12-20(22)13-19)27-24(28)16-30-23-10-6-5-9-21(23)25(29)26-15-18-7-3-2-4-8-18/h2-10,17,19-20,22H,11-16H2,1H3,(H,26,29)(H,27,28)/t17-,19-,20-,22-/m0/s1. The van der Waals surface area contributed by atoms with E-state index in [9.17, 15) is 9.59 Å². The number of hydrogen-bond donors (Lipinski definition) is 2. The first kappa shape index (κ1) is 21.0. The smallest absolute Gasteiger partial charge is 0.252 e. The first-order valence-corrected chi connectivity index (χ1v) is 11.9. The molecule has 0 radical (unpaired) electrons. The molecule has 158 valence electrons. The molecule has 30 heavy (non-hydrogen) atoms. The minimum absolute atomic E-state index is 0.0507. The Balaban J connectivity index is 1.29. The van der Waals surface area contributed by atoms with Gasteiger partial charge in [-0.15, -0.1) is 11.8 Å². The third kappa shape index (κ3) is 5.07. The Morgan fingerprint density at radius 2 is 1.80 bits per heavy atom. The van der Waals surface area contributed by atoms with Crippen molar-refractivity contribution in [1.82, 2.24) is 10.6 Å². The zero-order chi connectivity index (χ0) is 20.9. The molecule has 0 saturated heterocycles. The van der Waals surface area contributed by atoms with Crippen LogP contribution < -0.4 is 10.6 Å². The van der Waals surface area contributed by atoms with E-state index in [1.165, 1.54) is 37.4 Å². The van der Waals surface area contributed by atoms with Gasteiger partial charge in [0.05, 0.1) is 11.3 Å². The van der Waals surface area contributed by atoms with Crippen molar-refractivity contribution in [3.63, 3.8) is 0 Å². The van der Waals surface area contributed by atoms with Crippen molar-refractivity contribution in [1.29, 1.82) is 0 Å². The van der Waals surface area contributed by atoms with Gasteiger partial charge in [0.15, 0.2) is 0 Å². The van der Waals surface area contributed by atoms with Crippen molar-refractivity contribution >= 4 is 23.6 Å². The van der Waals surface area contributed by atoms with Gasteiger partial charge in [-0.1, -0.05) is 48.9 Å². The minimum Gasteiger partial charge on any atom is -0.353 e. The van der Waals surface area contributed by atoms with E-state index in [0.29, 0.717) is 23.8 Å². The van der Waals surface area contributed by atoms with Crippen LogP contribution in [0.3, 0.4) is 0 Å². The van der Waals surface area contributed by atoms with Crippen molar-refractivity contribution in [3.8, 4) is 0 Å². The van der Waals surface area contributed by atoms with Crippen LogP contribution in [0.2, 0.25) is 0 Å². The molecule has 2 aliphatic rings. The number of nitrogens with one attached hydrogen (secondary N) is 2. The molecule has 2 bridgehead atoms. The molecule has 5 heteroatoms. The zero-order valence-electron chi connectivity index (χ0n) is 17.5. The van der Waals surface area contributed by atoms with Gasteiger partial charge in [0.2, 0.25) is 5.91 Å². The maximum atomic E-state index is 12.7. The number of amides is 2. The average Bonchev–Trinajstić information content (AvgIpc) is 3.41. The molecule has 2 aromatic rings. The summed E-state index contributed by atoms with van der Waals surface area (Å²) in [6, 6.07) is 17.6. The summed E-state index contributed by atoms with van der Waals surface area (Å²) in [6.07, 6.45) is 5.32. The van der Waals surface area contributed by atoms with Gasteiger partial charge in [-0.25, -0.2) is 0 Å². The van der Waals surface area contributed by atoms with Crippen LogP contribution in [0.25, 0.3) is 0 Å².